The van der Waals surface area contributed by atoms with Gasteiger partial charge in [-0.25, -0.2) is 4.98 Å². The fourth-order valence-corrected chi connectivity index (χ4v) is 1.01. The molecule has 0 aromatic carbocycles. The number of nitrogens with zero attached hydrogens (tertiary/aromatic N) is 1. The maximum atomic E-state index is 12.3. The van der Waals surface area contributed by atoms with E-state index in [0.29, 0.717) is 6.20 Å². The molecule has 0 amide bonds. The summed E-state index contributed by atoms with van der Waals surface area (Å²) in [5.41, 5.74) is -1.88. The number of pyridine rings is 1. The van der Waals surface area contributed by atoms with E-state index in [4.69, 9.17) is 10.0 Å². The molecular weight excluding hydrogens is 214 g/mol. The van der Waals surface area contributed by atoms with Crippen LogP contribution in [0, 0.1) is 0 Å². The van der Waals surface area contributed by atoms with Crippen molar-refractivity contribution in [2.24, 2.45) is 0 Å². The van der Waals surface area contributed by atoms with Crippen LogP contribution >= 0.6 is 0 Å². The van der Waals surface area contributed by atoms with Crippen molar-refractivity contribution in [1.29, 1.82) is 0 Å². The zero-order chi connectivity index (χ0) is 11.6. The Morgan fingerprint density at radius 1 is 1.40 bits per heavy atom. The molecule has 0 bridgehead atoms. The number of alkyl halides is 3. The summed E-state index contributed by atoms with van der Waals surface area (Å²) in [6, 6.07) is 0.827. The van der Waals surface area contributed by atoms with E-state index in [0.717, 1.165) is 6.07 Å². The Morgan fingerprint density at radius 2 is 2.00 bits per heavy atom. The highest BCUT2D eigenvalue weighted by molar-refractivity contribution is 6.59. The molecule has 0 aliphatic heterocycles. The third-order valence-corrected chi connectivity index (χ3v) is 1.70. The average molecular weight is 221 g/mol. The Morgan fingerprint density at radius 3 is 2.40 bits per heavy atom. The molecule has 82 valence electrons. The third-order valence-electron chi connectivity index (χ3n) is 1.70. The zero-order valence-corrected chi connectivity index (χ0v) is 7.62. The Kier molecular flexibility index (Phi) is 3.20. The van der Waals surface area contributed by atoms with Crippen LogP contribution in [-0.4, -0.2) is 29.3 Å². The van der Waals surface area contributed by atoms with Gasteiger partial charge < -0.3 is 14.8 Å². The molecule has 0 atom stereocenters. The SMILES string of the molecule is COc1cc(B(O)O)c(C(F)(F)F)cn1. The Bertz CT molecular complexity index is 356. The second-order valence-electron chi connectivity index (χ2n) is 2.69. The zero-order valence-electron chi connectivity index (χ0n) is 7.62. The van der Waals surface area contributed by atoms with Gasteiger partial charge in [0.2, 0.25) is 5.88 Å². The van der Waals surface area contributed by atoms with E-state index in [1.165, 1.54) is 7.11 Å². The highest BCUT2D eigenvalue weighted by Gasteiger charge is 2.37. The summed E-state index contributed by atoms with van der Waals surface area (Å²) < 4.78 is 41.6. The van der Waals surface area contributed by atoms with Gasteiger partial charge in [-0.3, -0.25) is 0 Å². The molecule has 0 aliphatic carbocycles. The van der Waals surface area contributed by atoms with Crippen molar-refractivity contribution in [2.45, 2.75) is 6.18 Å². The van der Waals surface area contributed by atoms with Gasteiger partial charge in [-0.1, -0.05) is 0 Å². The van der Waals surface area contributed by atoms with E-state index in [2.05, 4.69) is 9.72 Å². The second kappa shape index (κ2) is 4.07. The molecule has 0 fully saturated rings. The number of rotatable bonds is 2. The lowest BCUT2D eigenvalue weighted by molar-refractivity contribution is -0.137. The molecular formula is C7H7BF3NO3. The lowest BCUT2D eigenvalue weighted by atomic mass is 9.77. The number of hydrogen-bond donors (Lipinski definition) is 2. The van der Waals surface area contributed by atoms with Gasteiger partial charge in [0, 0.05) is 17.7 Å². The van der Waals surface area contributed by atoms with Crippen molar-refractivity contribution in [1.82, 2.24) is 4.98 Å². The van der Waals surface area contributed by atoms with Crippen molar-refractivity contribution in [2.75, 3.05) is 7.11 Å². The van der Waals surface area contributed by atoms with Gasteiger partial charge in [0.05, 0.1) is 12.7 Å². The molecule has 0 radical (unpaired) electrons. The summed E-state index contributed by atoms with van der Waals surface area (Å²) in [6.45, 7) is 0. The number of halogens is 3. The molecule has 0 unspecified atom stereocenters. The smallest absolute Gasteiger partial charge is 0.481 e. The van der Waals surface area contributed by atoms with Crippen LogP contribution in [0.2, 0.25) is 0 Å². The number of hydrogen-bond acceptors (Lipinski definition) is 4. The van der Waals surface area contributed by atoms with Crippen molar-refractivity contribution in [3.63, 3.8) is 0 Å². The molecule has 2 N–H and O–H groups in total. The molecule has 1 aromatic heterocycles. The van der Waals surface area contributed by atoms with Crippen molar-refractivity contribution < 1.29 is 28.0 Å². The van der Waals surface area contributed by atoms with E-state index in [1.807, 2.05) is 0 Å². The minimum atomic E-state index is -4.68. The minimum Gasteiger partial charge on any atom is -0.481 e. The molecule has 4 nitrogen and oxygen atoms in total. The van der Waals surface area contributed by atoms with Crippen LogP contribution in [0.15, 0.2) is 12.3 Å². The monoisotopic (exact) mass is 221 g/mol. The minimum absolute atomic E-state index is 0.119. The van der Waals surface area contributed by atoms with Crippen LogP contribution in [0.4, 0.5) is 13.2 Å². The maximum absolute atomic E-state index is 12.3. The lowest BCUT2D eigenvalue weighted by Gasteiger charge is -2.12. The molecule has 1 rings (SSSR count). The molecule has 8 heteroatoms. The highest BCUT2D eigenvalue weighted by Crippen LogP contribution is 2.28. The van der Waals surface area contributed by atoms with Gasteiger partial charge in [-0.15, -0.1) is 0 Å². The fourth-order valence-electron chi connectivity index (χ4n) is 1.01. The van der Waals surface area contributed by atoms with Gasteiger partial charge in [-0.05, 0) is 0 Å². The van der Waals surface area contributed by atoms with Crippen LogP contribution in [0.1, 0.15) is 5.56 Å². The number of aromatic nitrogens is 1. The van der Waals surface area contributed by atoms with Gasteiger partial charge in [0.15, 0.2) is 0 Å². The summed E-state index contributed by atoms with van der Waals surface area (Å²) in [6.07, 6.45) is -4.19. The summed E-state index contributed by atoms with van der Waals surface area (Å²) in [7, 11) is -1.01. The maximum Gasteiger partial charge on any atom is 0.489 e. The van der Waals surface area contributed by atoms with Crippen LogP contribution in [0.25, 0.3) is 0 Å². The summed E-state index contributed by atoms with van der Waals surface area (Å²) in [4.78, 5) is 3.34. The predicted octanol–water partition coefficient (Wildman–Crippen LogP) is -0.211. The van der Waals surface area contributed by atoms with Crippen molar-refractivity contribution >= 4 is 12.6 Å². The first-order chi connectivity index (χ1) is 6.86. The molecule has 15 heavy (non-hydrogen) atoms. The Labute approximate surface area is 83.5 Å². The number of methoxy groups -OCH3 is 1. The first-order valence-electron chi connectivity index (χ1n) is 3.83. The first kappa shape index (κ1) is 11.8. The highest BCUT2D eigenvalue weighted by atomic mass is 19.4. The predicted molar refractivity (Wildman–Crippen MR) is 45.6 cm³/mol. The van der Waals surface area contributed by atoms with Crippen LogP contribution in [0.3, 0.4) is 0 Å². The first-order valence-corrected chi connectivity index (χ1v) is 3.83. The topological polar surface area (TPSA) is 62.6 Å². The molecule has 1 heterocycles. The van der Waals surface area contributed by atoms with Crippen molar-refractivity contribution in [3.05, 3.63) is 17.8 Å². The van der Waals surface area contributed by atoms with Gasteiger partial charge in [-0.2, -0.15) is 13.2 Å². The Balaban J connectivity index is 3.28. The largest absolute Gasteiger partial charge is 0.489 e. The lowest BCUT2D eigenvalue weighted by Crippen LogP contribution is -2.36. The molecule has 0 saturated carbocycles. The van der Waals surface area contributed by atoms with Crippen LogP contribution in [0.5, 0.6) is 5.88 Å². The summed E-state index contributed by atoms with van der Waals surface area (Å²) in [5.74, 6) is -0.119. The summed E-state index contributed by atoms with van der Waals surface area (Å²) in [5, 5.41) is 17.5. The third kappa shape index (κ3) is 2.60. The van der Waals surface area contributed by atoms with E-state index >= 15 is 0 Å². The normalized spacial score (nSPS) is 11.3. The summed E-state index contributed by atoms with van der Waals surface area (Å²) >= 11 is 0. The van der Waals surface area contributed by atoms with Gasteiger partial charge >= 0.3 is 13.3 Å². The standard InChI is InChI=1S/C7H7BF3NO3/c1-15-6-2-5(8(13)14)4(3-12-6)7(9,10)11/h2-3,13-14H,1H3. The number of ether oxygens (including phenoxy) is 1. The van der Waals surface area contributed by atoms with E-state index in [9.17, 15) is 13.2 Å². The van der Waals surface area contributed by atoms with Gasteiger partial charge in [0.25, 0.3) is 0 Å². The van der Waals surface area contributed by atoms with E-state index in [1.54, 1.807) is 0 Å². The molecule has 0 aliphatic rings. The van der Waals surface area contributed by atoms with Crippen LogP contribution < -0.4 is 10.2 Å². The quantitative estimate of drug-likeness (QED) is 0.678. The van der Waals surface area contributed by atoms with Crippen molar-refractivity contribution in [3.8, 4) is 5.88 Å². The van der Waals surface area contributed by atoms with Crippen LogP contribution in [-0.2, 0) is 6.18 Å². The molecule has 0 saturated heterocycles. The van der Waals surface area contributed by atoms with E-state index < -0.39 is 24.3 Å². The molecule has 1 aromatic rings. The average Bonchev–Trinajstić information content (AvgIpc) is 2.15. The van der Waals surface area contributed by atoms with E-state index in [-0.39, 0.29) is 5.88 Å². The fraction of sp³-hybridized carbons (Fsp3) is 0.286. The Hall–Kier alpha value is -1.28. The molecule has 0 spiro atoms. The second-order valence-corrected chi connectivity index (χ2v) is 2.69. The van der Waals surface area contributed by atoms with Gasteiger partial charge in [0.1, 0.15) is 0 Å².